The molecule has 0 spiro atoms. The van der Waals surface area contributed by atoms with Gasteiger partial charge in [0.1, 0.15) is 12.4 Å². The summed E-state index contributed by atoms with van der Waals surface area (Å²) in [6.45, 7) is 6.73. The zero-order valence-corrected chi connectivity index (χ0v) is 17.3. The van der Waals surface area contributed by atoms with Crippen molar-refractivity contribution in [2.45, 2.75) is 25.7 Å². The average Bonchev–Trinajstić information content (AvgIpc) is 2.76. The molecule has 1 aromatic carbocycles. The molecule has 1 saturated heterocycles. The largest absolute Gasteiger partial charge is 0.494 e. The second-order valence-electron chi connectivity index (χ2n) is 7.05. The van der Waals surface area contributed by atoms with Crippen LogP contribution in [0.15, 0.2) is 54.2 Å². The minimum atomic E-state index is 0.406. The van der Waals surface area contributed by atoms with E-state index in [-0.39, 0.29) is 0 Å². The summed E-state index contributed by atoms with van der Waals surface area (Å²) in [5.41, 5.74) is 0.967. The molecule has 0 bridgehead atoms. The number of oxime groups is 1. The normalized spacial score (nSPS) is 16.7. The van der Waals surface area contributed by atoms with E-state index < -0.39 is 0 Å². The molecule has 1 aliphatic heterocycles. The molecule has 0 saturated carbocycles. The fraction of sp³-hybridized carbons (Fsp3) is 0.409. The number of hydrogen-bond donors (Lipinski definition) is 0. The van der Waals surface area contributed by atoms with Gasteiger partial charge in [0.15, 0.2) is 11.0 Å². The average molecular weight is 415 g/mol. The van der Waals surface area contributed by atoms with E-state index in [1.165, 1.54) is 12.8 Å². The molecule has 0 aliphatic carbocycles. The molecule has 0 amide bonds. The van der Waals surface area contributed by atoms with Crippen molar-refractivity contribution >= 4 is 23.6 Å². The summed E-state index contributed by atoms with van der Waals surface area (Å²) in [5, 5.41) is 12.5. The molecule has 1 fully saturated rings. The van der Waals surface area contributed by atoms with Crippen LogP contribution >= 0.6 is 11.6 Å². The Morgan fingerprint density at radius 3 is 2.83 bits per heavy atom. The van der Waals surface area contributed by atoms with Crippen LogP contribution in [0.1, 0.15) is 31.2 Å². The number of aromatic nitrogens is 2. The summed E-state index contributed by atoms with van der Waals surface area (Å²) < 4.78 is 5.88. The molecule has 1 unspecified atom stereocenters. The maximum atomic E-state index is 5.88. The Morgan fingerprint density at radius 2 is 2.07 bits per heavy atom. The highest BCUT2D eigenvalue weighted by Gasteiger charge is 2.20. The number of piperidine rings is 1. The van der Waals surface area contributed by atoms with Crippen molar-refractivity contribution in [2.75, 3.05) is 31.2 Å². The lowest BCUT2D eigenvalue weighted by Crippen LogP contribution is -2.36. The molecule has 0 N–H and O–H groups in total. The molecule has 1 atom stereocenters. The van der Waals surface area contributed by atoms with E-state index in [2.05, 4.69) is 26.8 Å². The van der Waals surface area contributed by atoms with Gasteiger partial charge in [-0.05, 0) is 73.6 Å². The van der Waals surface area contributed by atoms with E-state index in [4.69, 9.17) is 21.2 Å². The molecule has 1 aromatic heterocycles. The molecule has 3 rings (SSSR count). The monoisotopic (exact) mass is 414 g/mol. The first-order valence-electron chi connectivity index (χ1n) is 9.98. The van der Waals surface area contributed by atoms with Crippen LogP contribution in [0, 0.1) is 5.92 Å². The van der Waals surface area contributed by atoms with Crippen molar-refractivity contribution in [3.63, 3.8) is 0 Å². The number of anilines is 1. The van der Waals surface area contributed by atoms with E-state index in [1.807, 2.05) is 30.3 Å². The zero-order valence-electron chi connectivity index (χ0n) is 16.5. The lowest BCUT2D eigenvalue weighted by atomic mass is 9.93. The Hall–Kier alpha value is -2.60. The molecular formula is C22H27ClN4O2. The molecule has 154 valence electrons. The molecular weight excluding hydrogens is 388 g/mol. The summed E-state index contributed by atoms with van der Waals surface area (Å²) in [5.74, 6) is 2.43. The van der Waals surface area contributed by atoms with Gasteiger partial charge in [-0.2, -0.15) is 0 Å². The number of ether oxygens (including phenoxy) is 1. The first-order chi connectivity index (χ1) is 14.2. The smallest absolute Gasteiger partial charge is 0.151 e. The highest BCUT2D eigenvalue weighted by Crippen LogP contribution is 2.25. The summed E-state index contributed by atoms with van der Waals surface area (Å²) in [6.07, 6.45) is 7.93. The minimum absolute atomic E-state index is 0.406. The summed E-state index contributed by atoms with van der Waals surface area (Å²) in [7, 11) is 0. The highest BCUT2D eigenvalue weighted by atomic mass is 35.5. The van der Waals surface area contributed by atoms with Gasteiger partial charge in [-0.1, -0.05) is 29.4 Å². The maximum Gasteiger partial charge on any atom is 0.151 e. The van der Waals surface area contributed by atoms with Crippen LogP contribution < -0.4 is 9.64 Å². The quantitative estimate of drug-likeness (QED) is 0.243. The predicted molar refractivity (Wildman–Crippen MR) is 117 cm³/mol. The molecule has 2 aromatic rings. The van der Waals surface area contributed by atoms with Gasteiger partial charge in [0.2, 0.25) is 0 Å². The van der Waals surface area contributed by atoms with Gasteiger partial charge in [-0.3, -0.25) is 0 Å². The van der Waals surface area contributed by atoms with Crippen molar-refractivity contribution < 1.29 is 9.57 Å². The predicted octanol–water partition coefficient (Wildman–Crippen LogP) is 4.74. The molecule has 7 heteroatoms. The van der Waals surface area contributed by atoms with Crippen LogP contribution in [0.25, 0.3) is 0 Å². The fourth-order valence-electron chi connectivity index (χ4n) is 3.39. The van der Waals surface area contributed by atoms with Crippen LogP contribution in [-0.4, -0.2) is 42.7 Å². The Morgan fingerprint density at radius 1 is 1.21 bits per heavy atom. The lowest BCUT2D eigenvalue weighted by Gasteiger charge is -2.33. The summed E-state index contributed by atoms with van der Waals surface area (Å²) in [4.78, 5) is 7.30. The van der Waals surface area contributed by atoms with E-state index in [9.17, 15) is 0 Å². The number of rotatable bonds is 10. The second-order valence-corrected chi connectivity index (χ2v) is 7.43. The number of benzene rings is 1. The SMILES string of the molecule is C=CCON=Cc1ccc(OCCCC2CCCN(c3ccc(Cl)nn3)C2)cc1. The fourth-order valence-corrected chi connectivity index (χ4v) is 3.49. The number of halogens is 1. The Kier molecular flexibility index (Phi) is 8.31. The van der Waals surface area contributed by atoms with Crippen molar-refractivity contribution in [2.24, 2.45) is 11.1 Å². The van der Waals surface area contributed by atoms with Crippen LogP contribution in [0.3, 0.4) is 0 Å². The Labute approximate surface area is 177 Å². The first kappa shape index (κ1) is 21.1. The standard InChI is InChI=1S/C22H27ClN4O2/c1-2-14-29-24-16-18-7-9-20(10-8-18)28-15-4-6-19-5-3-13-27(17-19)22-12-11-21(23)25-26-22/h2,7-12,16,19H,1,3-6,13-15,17H2. The molecule has 29 heavy (non-hydrogen) atoms. The topological polar surface area (TPSA) is 59.8 Å². The van der Waals surface area contributed by atoms with Gasteiger partial charge < -0.3 is 14.5 Å². The van der Waals surface area contributed by atoms with Crippen molar-refractivity contribution in [1.29, 1.82) is 0 Å². The minimum Gasteiger partial charge on any atom is -0.494 e. The summed E-state index contributed by atoms with van der Waals surface area (Å²) in [6, 6.07) is 11.6. The molecule has 1 aliphatic rings. The number of nitrogens with zero attached hydrogens (tertiary/aromatic N) is 4. The van der Waals surface area contributed by atoms with Crippen LogP contribution in [0.2, 0.25) is 5.15 Å². The van der Waals surface area contributed by atoms with Gasteiger partial charge in [0.05, 0.1) is 12.8 Å². The third-order valence-electron chi connectivity index (χ3n) is 4.84. The van der Waals surface area contributed by atoms with Gasteiger partial charge in [0.25, 0.3) is 0 Å². The van der Waals surface area contributed by atoms with E-state index in [0.29, 0.717) is 24.3 Å². The second kappa shape index (κ2) is 11.4. The van der Waals surface area contributed by atoms with Gasteiger partial charge >= 0.3 is 0 Å². The van der Waals surface area contributed by atoms with Crippen molar-refractivity contribution in [3.05, 3.63) is 59.8 Å². The van der Waals surface area contributed by atoms with Crippen molar-refractivity contribution in [1.82, 2.24) is 10.2 Å². The number of hydrogen-bond acceptors (Lipinski definition) is 6. The molecule has 0 radical (unpaired) electrons. The highest BCUT2D eigenvalue weighted by molar-refractivity contribution is 6.29. The van der Waals surface area contributed by atoms with Gasteiger partial charge in [-0.15, -0.1) is 10.2 Å². The third-order valence-corrected chi connectivity index (χ3v) is 5.04. The van der Waals surface area contributed by atoms with Crippen molar-refractivity contribution in [3.8, 4) is 5.75 Å². The van der Waals surface area contributed by atoms with Gasteiger partial charge in [0, 0.05) is 13.1 Å². The third kappa shape index (κ3) is 7.06. The molecule has 2 heterocycles. The zero-order chi connectivity index (χ0) is 20.3. The maximum absolute atomic E-state index is 5.88. The van der Waals surface area contributed by atoms with Crippen LogP contribution in [-0.2, 0) is 4.84 Å². The summed E-state index contributed by atoms with van der Waals surface area (Å²) >= 11 is 5.84. The van der Waals surface area contributed by atoms with E-state index in [1.54, 1.807) is 18.4 Å². The van der Waals surface area contributed by atoms with Crippen LogP contribution in [0.4, 0.5) is 5.82 Å². The van der Waals surface area contributed by atoms with E-state index in [0.717, 1.165) is 43.1 Å². The Balaban J connectivity index is 1.37. The lowest BCUT2D eigenvalue weighted by molar-refractivity contribution is 0.176. The van der Waals surface area contributed by atoms with Gasteiger partial charge in [-0.25, -0.2) is 0 Å². The first-order valence-corrected chi connectivity index (χ1v) is 10.4. The van der Waals surface area contributed by atoms with E-state index >= 15 is 0 Å². The van der Waals surface area contributed by atoms with Crippen LogP contribution in [0.5, 0.6) is 5.75 Å². The Bertz CT molecular complexity index is 780. The molecule has 6 nitrogen and oxygen atoms in total.